The van der Waals surface area contributed by atoms with Crippen LogP contribution < -0.4 is 10.6 Å². The van der Waals surface area contributed by atoms with E-state index < -0.39 is 7.12 Å². The number of anilines is 1. The van der Waals surface area contributed by atoms with Crippen LogP contribution in [0.4, 0.5) is 5.69 Å². The average Bonchev–Trinajstić information content (AvgIpc) is 3.43. The summed E-state index contributed by atoms with van der Waals surface area (Å²) >= 11 is 0. The molecule has 0 spiro atoms. The topological polar surface area (TPSA) is 89.8 Å². The van der Waals surface area contributed by atoms with E-state index in [4.69, 9.17) is 13.7 Å². The van der Waals surface area contributed by atoms with Gasteiger partial charge in [-0.25, -0.2) is 0 Å². The monoisotopic (exact) mass is 514 g/mol. The van der Waals surface area contributed by atoms with E-state index in [1.54, 1.807) is 6.26 Å². The first-order chi connectivity index (χ1) is 18.1. The number of furan rings is 1. The van der Waals surface area contributed by atoms with Gasteiger partial charge in [-0.2, -0.15) is 0 Å². The fourth-order valence-corrected chi connectivity index (χ4v) is 7.12. The molecule has 3 unspecified atom stereocenters. The van der Waals surface area contributed by atoms with Gasteiger partial charge in [0, 0.05) is 18.0 Å². The molecule has 2 heterocycles. The summed E-state index contributed by atoms with van der Waals surface area (Å²) in [5.41, 5.74) is 3.19. The first-order valence-corrected chi connectivity index (χ1v) is 13.6. The van der Waals surface area contributed by atoms with Gasteiger partial charge >= 0.3 is 7.12 Å². The number of carbonyl (C=O) groups is 2. The summed E-state index contributed by atoms with van der Waals surface area (Å²) in [5, 5.41) is 7.03. The molecular weight excluding hydrogens is 479 g/mol. The van der Waals surface area contributed by atoms with Gasteiger partial charge in [-0.05, 0) is 72.8 Å². The summed E-state index contributed by atoms with van der Waals surface area (Å²) in [5.74, 6) is 0.427. The lowest BCUT2D eigenvalue weighted by molar-refractivity contribution is -0.199. The Bertz CT molecular complexity index is 1390. The Morgan fingerprint density at radius 1 is 1.11 bits per heavy atom. The van der Waals surface area contributed by atoms with Crippen LogP contribution in [-0.2, 0) is 31.7 Å². The van der Waals surface area contributed by atoms with Crippen LogP contribution in [0.25, 0.3) is 11.0 Å². The first kappa shape index (κ1) is 25.2. The van der Waals surface area contributed by atoms with Crippen LogP contribution in [-0.4, -0.2) is 36.6 Å². The molecule has 7 rings (SSSR count). The number of benzene rings is 2. The zero-order valence-corrected chi connectivity index (χ0v) is 22.5. The molecule has 2 bridgehead atoms. The molecule has 4 aliphatic rings. The second-order valence-corrected chi connectivity index (χ2v) is 12.0. The zero-order chi connectivity index (χ0) is 26.7. The Morgan fingerprint density at radius 2 is 1.92 bits per heavy atom. The second-order valence-electron chi connectivity index (χ2n) is 12.0. The highest BCUT2D eigenvalue weighted by atomic mass is 16.7. The molecule has 38 heavy (non-hydrogen) atoms. The average molecular weight is 514 g/mol. The Hall–Kier alpha value is -3.10. The summed E-state index contributed by atoms with van der Waals surface area (Å²) in [4.78, 5) is 24.8. The van der Waals surface area contributed by atoms with Crippen molar-refractivity contribution >= 4 is 35.6 Å². The second kappa shape index (κ2) is 9.28. The van der Waals surface area contributed by atoms with Crippen LogP contribution >= 0.6 is 0 Å². The van der Waals surface area contributed by atoms with Crippen LogP contribution in [0, 0.1) is 17.3 Å². The molecule has 198 valence electrons. The molecule has 1 aromatic heterocycles. The van der Waals surface area contributed by atoms with Crippen LogP contribution in [0.3, 0.4) is 0 Å². The molecule has 1 saturated heterocycles. The van der Waals surface area contributed by atoms with Gasteiger partial charge in [-0.15, -0.1) is 0 Å². The highest BCUT2D eigenvalue weighted by Crippen LogP contribution is 2.65. The molecule has 2 aromatic carbocycles. The Labute approximate surface area is 223 Å². The quantitative estimate of drug-likeness (QED) is 0.437. The van der Waals surface area contributed by atoms with E-state index in [9.17, 15) is 9.59 Å². The molecule has 0 radical (unpaired) electrons. The van der Waals surface area contributed by atoms with Crippen molar-refractivity contribution in [3.63, 3.8) is 0 Å². The van der Waals surface area contributed by atoms with Crippen LogP contribution in [0.2, 0.25) is 0 Å². The Kier molecular flexibility index (Phi) is 6.15. The molecule has 2 N–H and O–H groups in total. The lowest BCUT2D eigenvalue weighted by Gasteiger charge is -2.64. The highest BCUT2D eigenvalue weighted by molar-refractivity contribution is 6.48. The van der Waals surface area contributed by atoms with Crippen molar-refractivity contribution in [2.24, 2.45) is 17.3 Å². The number of para-hydroxylation sites is 1. The van der Waals surface area contributed by atoms with Crippen molar-refractivity contribution in [1.82, 2.24) is 5.32 Å². The van der Waals surface area contributed by atoms with Gasteiger partial charge < -0.3 is 24.4 Å². The standard InChI is InChI=1S/C30H35BN2O5/c1-18(34)32-22-9-7-8-19(12-22)13-28(35)33-27(14-20-17-36-24-11-6-5-10-23(20)24)31-37-26-16-21-15-25(29(21,2)3)30(26,4)38-31/h5-12,17,21,25-27H,13-16H2,1-4H3,(H,32,34)(H,33,35)/t21?,25?,26-,27?,30+/m1/s1. The third-order valence-corrected chi connectivity index (χ3v) is 9.26. The van der Waals surface area contributed by atoms with E-state index in [1.165, 1.54) is 13.3 Å². The van der Waals surface area contributed by atoms with Gasteiger partial charge in [0.25, 0.3) is 0 Å². The van der Waals surface area contributed by atoms with Crippen molar-refractivity contribution in [2.45, 2.75) is 71.0 Å². The number of amides is 2. The summed E-state index contributed by atoms with van der Waals surface area (Å²) in [6.07, 6.45) is 4.66. The third kappa shape index (κ3) is 4.33. The van der Waals surface area contributed by atoms with Gasteiger partial charge in [0.2, 0.25) is 11.8 Å². The maximum Gasteiger partial charge on any atom is 0.482 e. The van der Waals surface area contributed by atoms with Gasteiger partial charge in [0.1, 0.15) is 5.58 Å². The summed E-state index contributed by atoms with van der Waals surface area (Å²) in [7, 11) is -0.552. The fourth-order valence-electron chi connectivity index (χ4n) is 7.12. The van der Waals surface area contributed by atoms with Crippen LogP contribution in [0.15, 0.2) is 59.2 Å². The largest absolute Gasteiger partial charge is 0.482 e. The maximum absolute atomic E-state index is 13.3. The third-order valence-electron chi connectivity index (χ3n) is 9.26. The van der Waals surface area contributed by atoms with Crippen molar-refractivity contribution in [1.29, 1.82) is 0 Å². The predicted molar refractivity (Wildman–Crippen MR) is 146 cm³/mol. The number of carbonyl (C=O) groups excluding carboxylic acids is 2. The van der Waals surface area contributed by atoms with Gasteiger partial charge in [-0.3, -0.25) is 9.59 Å². The molecule has 8 heteroatoms. The highest BCUT2D eigenvalue weighted by Gasteiger charge is 2.68. The van der Waals surface area contributed by atoms with Gasteiger partial charge in [-0.1, -0.05) is 44.2 Å². The minimum Gasteiger partial charge on any atom is -0.464 e. The lowest BCUT2D eigenvalue weighted by atomic mass is 9.43. The molecule has 4 fully saturated rings. The number of hydrogen-bond acceptors (Lipinski definition) is 5. The maximum atomic E-state index is 13.3. The molecule has 3 aliphatic carbocycles. The molecular formula is C30H35BN2O5. The van der Waals surface area contributed by atoms with Crippen molar-refractivity contribution < 1.29 is 23.3 Å². The van der Waals surface area contributed by atoms with E-state index in [2.05, 4.69) is 31.4 Å². The fraction of sp³-hybridized carbons (Fsp3) is 0.467. The number of fused-ring (bicyclic) bond motifs is 1. The van der Waals surface area contributed by atoms with Crippen LogP contribution in [0.5, 0.6) is 0 Å². The molecule has 1 aliphatic heterocycles. The summed E-state index contributed by atoms with van der Waals surface area (Å²) in [6.45, 7) is 8.35. The van der Waals surface area contributed by atoms with E-state index in [0.717, 1.165) is 28.5 Å². The zero-order valence-electron chi connectivity index (χ0n) is 22.5. The molecule has 7 nitrogen and oxygen atoms in total. The van der Waals surface area contributed by atoms with Crippen molar-refractivity contribution in [3.05, 3.63) is 65.9 Å². The van der Waals surface area contributed by atoms with E-state index in [-0.39, 0.29) is 41.3 Å². The number of nitrogens with one attached hydrogen (secondary N) is 2. The van der Waals surface area contributed by atoms with Crippen molar-refractivity contribution in [2.75, 3.05) is 5.32 Å². The number of hydrogen-bond donors (Lipinski definition) is 2. The Morgan fingerprint density at radius 3 is 2.71 bits per heavy atom. The Balaban J connectivity index is 1.24. The summed E-state index contributed by atoms with van der Waals surface area (Å²) in [6, 6.07) is 15.3. The van der Waals surface area contributed by atoms with E-state index in [0.29, 0.717) is 23.9 Å². The molecule has 5 atom stereocenters. The minimum atomic E-state index is -0.552. The van der Waals surface area contributed by atoms with Gasteiger partial charge in [0.15, 0.2) is 0 Å². The lowest BCUT2D eigenvalue weighted by Crippen LogP contribution is -2.65. The van der Waals surface area contributed by atoms with Crippen LogP contribution in [0.1, 0.15) is 51.7 Å². The number of rotatable bonds is 7. The van der Waals surface area contributed by atoms with Crippen molar-refractivity contribution in [3.8, 4) is 0 Å². The minimum absolute atomic E-state index is 0.0270. The molecule has 3 saturated carbocycles. The smallest absolute Gasteiger partial charge is 0.464 e. The SMILES string of the molecule is CC(=O)Nc1cccc(CC(=O)NC(Cc2coc3ccccc23)B2O[C@@H]3CC4CC(C4(C)C)[C@]3(C)O2)c1. The summed E-state index contributed by atoms with van der Waals surface area (Å²) < 4.78 is 19.1. The predicted octanol–water partition coefficient (Wildman–Crippen LogP) is 4.93. The van der Waals surface area contributed by atoms with Gasteiger partial charge in [0.05, 0.1) is 30.3 Å². The van der Waals surface area contributed by atoms with E-state index >= 15 is 0 Å². The first-order valence-electron chi connectivity index (χ1n) is 13.6. The van der Waals surface area contributed by atoms with E-state index in [1.807, 2.05) is 48.5 Å². The molecule has 2 amide bonds. The molecule has 3 aromatic rings. The normalized spacial score (nSPS) is 27.9.